The predicted octanol–water partition coefficient (Wildman–Crippen LogP) is 4.66. The summed E-state index contributed by atoms with van der Waals surface area (Å²) in [4.78, 5) is 11.7. The van der Waals surface area contributed by atoms with E-state index in [0.29, 0.717) is 0 Å². The van der Waals surface area contributed by atoms with E-state index in [1.165, 1.54) is 22.3 Å². The second kappa shape index (κ2) is 5.51. The van der Waals surface area contributed by atoms with Crippen LogP contribution in [0.15, 0.2) is 54.9 Å². The molecule has 4 rings (SSSR count). The van der Waals surface area contributed by atoms with Gasteiger partial charge in [0.05, 0.1) is 5.69 Å². The van der Waals surface area contributed by atoms with Crippen LogP contribution in [0.2, 0.25) is 0 Å². The molecule has 0 amide bonds. The molecule has 0 fully saturated rings. The SMILES string of the molecule is Cc1cnc2c(c1)CCc1cccnc1N2c1ccccc1C. The van der Waals surface area contributed by atoms with Crippen molar-refractivity contribution in [1.82, 2.24) is 9.97 Å². The number of hydrogen-bond acceptors (Lipinski definition) is 3. The van der Waals surface area contributed by atoms with Gasteiger partial charge in [-0.15, -0.1) is 0 Å². The zero-order valence-corrected chi connectivity index (χ0v) is 13.5. The van der Waals surface area contributed by atoms with Crippen molar-refractivity contribution in [1.29, 1.82) is 0 Å². The minimum Gasteiger partial charge on any atom is -0.278 e. The summed E-state index contributed by atoms with van der Waals surface area (Å²) in [6.07, 6.45) is 5.79. The summed E-state index contributed by atoms with van der Waals surface area (Å²) < 4.78 is 0. The lowest BCUT2D eigenvalue weighted by molar-refractivity contribution is 0.963. The monoisotopic (exact) mass is 301 g/mol. The van der Waals surface area contributed by atoms with Crippen LogP contribution in [0, 0.1) is 13.8 Å². The Morgan fingerprint density at radius 2 is 1.65 bits per heavy atom. The summed E-state index contributed by atoms with van der Waals surface area (Å²) >= 11 is 0. The van der Waals surface area contributed by atoms with Crippen molar-refractivity contribution in [2.75, 3.05) is 4.90 Å². The third-order valence-electron chi connectivity index (χ3n) is 4.39. The molecule has 3 aromatic rings. The third-order valence-corrected chi connectivity index (χ3v) is 4.39. The summed E-state index contributed by atoms with van der Waals surface area (Å²) in [7, 11) is 0. The van der Waals surface area contributed by atoms with Crippen molar-refractivity contribution in [3.63, 3.8) is 0 Å². The van der Waals surface area contributed by atoms with Gasteiger partial charge in [-0.05, 0) is 61.1 Å². The molecule has 0 atom stereocenters. The molecule has 1 aliphatic heterocycles. The molecular weight excluding hydrogens is 282 g/mol. The molecule has 0 saturated heterocycles. The van der Waals surface area contributed by atoms with E-state index in [2.05, 4.69) is 60.1 Å². The predicted molar refractivity (Wildman–Crippen MR) is 93.6 cm³/mol. The van der Waals surface area contributed by atoms with Crippen molar-refractivity contribution in [2.24, 2.45) is 0 Å². The van der Waals surface area contributed by atoms with E-state index in [-0.39, 0.29) is 0 Å². The molecule has 0 radical (unpaired) electrons. The van der Waals surface area contributed by atoms with Crippen molar-refractivity contribution in [3.8, 4) is 0 Å². The first-order valence-corrected chi connectivity index (χ1v) is 7.99. The minimum atomic E-state index is 0.990. The first-order chi connectivity index (χ1) is 11.2. The highest BCUT2D eigenvalue weighted by Crippen LogP contribution is 2.40. The number of aromatic nitrogens is 2. The van der Waals surface area contributed by atoms with E-state index < -0.39 is 0 Å². The Kier molecular flexibility index (Phi) is 3.34. The van der Waals surface area contributed by atoms with Crippen LogP contribution in [-0.2, 0) is 12.8 Å². The molecule has 0 spiro atoms. The highest BCUT2D eigenvalue weighted by atomic mass is 15.2. The minimum absolute atomic E-state index is 0.990. The fourth-order valence-electron chi connectivity index (χ4n) is 3.25. The molecule has 114 valence electrons. The average Bonchev–Trinajstić information content (AvgIpc) is 2.72. The molecule has 0 bridgehead atoms. The van der Waals surface area contributed by atoms with E-state index in [1.54, 1.807) is 0 Å². The Labute approximate surface area is 136 Å². The molecule has 2 aromatic heterocycles. The van der Waals surface area contributed by atoms with Gasteiger partial charge in [0.15, 0.2) is 0 Å². The van der Waals surface area contributed by atoms with Crippen LogP contribution in [0.4, 0.5) is 17.3 Å². The maximum absolute atomic E-state index is 4.76. The maximum Gasteiger partial charge on any atom is 0.141 e. The molecule has 23 heavy (non-hydrogen) atoms. The number of hydrogen-bond donors (Lipinski definition) is 0. The number of pyridine rings is 2. The van der Waals surface area contributed by atoms with Gasteiger partial charge in [0.25, 0.3) is 0 Å². The zero-order valence-electron chi connectivity index (χ0n) is 13.5. The summed E-state index contributed by atoms with van der Waals surface area (Å²) in [5, 5.41) is 0. The third kappa shape index (κ3) is 2.38. The van der Waals surface area contributed by atoms with Crippen LogP contribution in [0.3, 0.4) is 0 Å². The smallest absolute Gasteiger partial charge is 0.141 e. The highest BCUT2D eigenvalue weighted by Gasteiger charge is 2.25. The Morgan fingerprint density at radius 3 is 2.52 bits per heavy atom. The summed E-state index contributed by atoms with van der Waals surface area (Å²) in [5.74, 6) is 2.00. The van der Waals surface area contributed by atoms with Gasteiger partial charge in [-0.3, -0.25) is 4.90 Å². The van der Waals surface area contributed by atoms with Crippen LogP contribution in [0.25, 0.3) is 0 Å². The van der Waals surface area contributed by atoms with Gasteiger partial charge in [-0.25, -0.2) is 9.97 Å². The molecule has 3 nitrogen and oxygen atoms in total. The molecule has 0 unspecified atom stereocenters. The zero-order chi connectivity index (χ0) is 15.8. The number of aryl methyl sites for hydroxylation is 4. The van der Waals surface area contributed by atoms with Gasteiger partial charge < -0.3 is 0 Å². The molecule has 3 heterocycles. The lowest BCUT2D eigenvalue weighted by atomic mass is 10.1. The van der Waals surface area contributed by atoms with Crippen molar-refractivity contribution in [3.05, 3.63) is 77.1 Å². The Balaban J connectivity index is 2.01. The summed E-state index contributed by atoms with van der Waals surface area (Å²) in [6, 6.07) is 14.9. The molecule has 1 aliphatic rings. The fraction of sp³-hybridized carbons (Fsp3) is 0.200. The number of benzene rings is 1. The van der Waals surface area contributed by atoms with Crippen LogP contribution in [-0.4, -0.2) is 9.97 Å². The second-order valence-corrected chi connectivity index (χ2v) is 6.10. The van der Waals surface area contributed by atoms with E-state index in [0.717, 1.165) is 30.2 Å². The van der Waals surface area contributed by atoms with Gasteiger partial charge in [-0.2, -0.15) is 0 Å². The molecule has 0 aliphatic carbocycles. The summed E-state index contributed by atoms with van der Waals surface area (Å²) in [5.41, 5.74) is 6.12. The van der Waals surface area contributed by atoms with Crippen LogP contribution >= 0.6 is 0 Å². The highest BCUT2D eigenvalue weighted by molar-refractivity contribution is 5.78. The largest absolute Gasteiger partial charge is 0.278 e. The van der Waals surface area contributed by atoms with E-state index in [1.807, 2.05) is 18.5 Å². The van der Waals surface area contributed by atoms with Crippen molar-refractivity contribution in [2.45, 2.75) is 26.7 Å². The number of anilines is 3. The molecule has 1 aromatic carbocycles. The van der Waals surface area contributed by atoms with Gasteiger partial charge in [0.1, 0.15) is 11.6 Å². The lowest BCUT2D eigenvalue weighted by Gasteiger charge is -2.26. The van der Waals surface area contributed by atoms with Gasteiger partial charge >= 0.3 is 0 Å². The average molecular weight is 301 g/mol. The van der Waals surface area contributed by atoms with E-state index >= 15 is 0 Å². The molecule has 3 heteroatoms. The number of nitrogens with zero attached hydrogens (tertiary/aromatic N) is 3. The topological polar surface area (TPSA) is 29.0 Å². The number of para-hydroxylation sites is 1. The maximum atomic E-state index is 4.76. The van der Waals surface area contributed by atoms with Gasteiger partial charge in [0.2, 0.25) is 0 Å². The Morgan fingerprint density at radius 1 is 0.870 bits per heavy atom. The first-order valence-electron chi connectivity index (χ1n) is 7.99. The Bertz CT molecular complexity index is 870. The van der Waals surface area contributed by atoms with Crippen LogP contribution in [0.1, 0.15) is 22.3 Å². The van der Waals surface area contributed by atoms with Crippen molar-refractivity contribution < 1.29 is 0 Å². The molecular formula is C20H19N3. The van der Waals surface area contributed by atoms with Crippen LogP contribution in [0.5, 0.6) is 0 Å². The van der Waals surface area contributed by atoms with E-state index in [9.17, 15) is 0 Å². The quantitative estimate of drug-likeness (QED) is 0.654. The van der Waals surface area contributed by atoms with Gasteiger partial charge in [-0.1, -0.05) is 30.3 Å². The summed E-state index contributed by atoms with van der Waals surface area (Å²) in [6.45, 7) is 4.23. The fourth-order valence-corrected chi connectivity index (χ4v) is 3.25. The normalized spacial score (nSPS) is 13.2. The molecule has 0 saturated carbocycles. The van der Waals surface area contributed by atoms with Crippen molar-refractivity contribution >= 4 is 17.3 Å². The van der Waals surface area contributed by atoms with Crippen LogP contribution < -0.4 is 4.90 Å². The number of fused-ring (bicyclic) bond motifs is 2. The second-order valence-electron chi connectivity index (χ2n) is 6.10. The molecule has 0 N–H and O–H groups in total. The first kappa shape index (κ1) is 13.9. The number of rotatable bonds is 1. The lowest BCUT2D eigenvalue weighted by Crippen LogP contribution is -2.15. The van der Waals surface area contributed by atoms with E-state index in [4.69, 9.17) is 4.98 Å². The van der Waals surface area contributed by atoms with Gasteiger partial charge in [0, 0.05) is 12.4 Å². The standard InChI is InChI=1S/C20H19N3/c1-14-12-17-10-9-16-7-5-11-21-19(16)23(20(17)22-13-14)18-8-4-3-6-15(18)2/h3-8,11-13H,9-10H2,1-2H3. The Hall–Kier alpha value is -2.68.